The Morgan fingerprint density at radius 3 is 2.40 bits per heavy atom. The van der Waals surface area contributed by atoms with Crippen molar-refractivity contribution in [1.29, 1.82) is 0 Å². The molecule has 1 heterocycles. The van der Waals surface area contributed by atoms with Crippen LogP contribution >= 0.6 is 0 Å². The SMILES string of the molecule is NCCCCC(N)C(=O)NCC(=O)NC(CCC(=O)O)C(=O)N1CCCC1C(=O)O. The van der Waals surface area contributed by atoms with Crippen LogP contribution in [0.1, 0.15) is 44.9 Å². The monoisotopic (exact) mass is 429 g/mol. The van der Waals surface area contributed by atoms with Crippen molar-refractivity contribution in [3.8, 4) is 0 Å². The van der Waals surface area contributed by atoms with Crippen molar-refractivity contribution in [3.05, 3.63) is 0 Å². The summed E-state index contributed by atoms with van der Waals surface area (Å²) in [4.78, 5) is 60.2. The molecule has 0 aliphatic carbocycles. The van der Waals surface area contributed by atoms with Crippen LogP contribution in [0, 0.1) is 0 Å². The predicted molar refractivity (Wildman–Crippen MR) is 105 cm³/mol. The van der Waals surface area contributed by atoms with E-state index in [0.29, 0.717) is 32.2 Å². The highest BCUT2D eigenvalue weighted by molar-refractivity contribution is 5.93. The molecule has 170 valence electrons. The first-order valence-electron chi connectivity index (χ1n) is 9.95. The zero-order valence-electron chi connectivity index (χ0n) is 16.8. The minimum Gasteiger partial charge on any atom is -0.481 e. The van der Waals surface area contributed by atoms with Gasteiger partial charge < -0.3 is 37.2 Å². The number of amides is 3. The second-order valence-corrected chi connectivity index (χ2v) is 7.19. The highest BCUT2D eigenvalue weighted by atomic mass is 16.4. The highest BCUT2D eigenvalue weighted by Crippen LogP contribution is 2.19. The summed E-state index contributed by atoms with van der Waals surface area (Å²) in [5.41, 5.74) is 11.1. The molecule has 1 fully saturated rings. The van der Waals surface area contributed by atoms with Gasteiger partial charge in [-0.2, -0.15) is 0 Å². The first-order valence-corrected chi connectivity index (χ1v) is 9.95. The number of hydrogen-bond donors (Lipinski definition) is 6. The number of nitrogens with one attached hydrogen (secondary N) is 2. The summed E-state index contributed by atoms with van der Waals surface area (Å²) < 4.78 is 0. The maximum absolute atomic E-state index is 12.7. The van der Waals surface area contributed by atoms with Crippen LogP contribution in [0.15, 0.2) is 0 Å². The van der Waals surface area contributed by atoms with E-state index in [-0.39, 0.29) is 19.4 Å². The fourth-order valence-electron chi connectivity index (χ4n) is 3.20. The maximum atomic E-state index is 12.7. The molecular weight excluding hydrogens is 398 g/mol. The summed E-state index contributed by atoms with van der Waals surface area (Å²) in [5, 5.41) is 22.9. The minimum atomic E-state index is -1.20. The van der Waals surface area contributed by atoms with Crippen molar-refractivity contribution in [1.82, 2.24) is 15.5 Å². The number of carbonyl (C=O) groups is 5. The molecule has 12 heteroatoms. The van der Waals surface area contributed by atoms with Gasteiger partial charge in [-0.1, -0.05) is 6.42 Å². The summed E-state index contributed by atoms with van der Waals surface area (Å²) >= 11 is 0. The van der Waals surface area contributed by atoms with Crippen LogP contribution in [0.5, 0.6) is 0 Å². The van der Waals surface area contributed by atoms with Gasteiger partial charge in [0.05, 0.1) is 12.6 Å². The molecule has 30 heavy (non-hydrogen) atoms. The third-order valence-electron chi connectivity index (χ3n) is 4.83. The first kappa shape index (κ1) is 25.3. The van der Waals surface area contributed by atoms with Crippen molar-refractivity contribution in [2.45, 2.75) is 63.1 Å². The van der Waals surface area contributed by atoms with E-state index in [1.165, 1.54) is 0 Å². The van der Waals surface area contributed by atoms with E-state index in [9.17, 15) is 29.1 Å². The Labute approximate surface area is 174 Å². The zero-order chi connectivity index (χ0) is 22.7. The fourth-order valence-corrected chi connectivity index (χ4v) is 3.20. The second-order valence-electron chi connectivity index (χ2n) is 7.19. The summed E-state index contributed by atoms with van der Waals surface area (Å²) in [6.07, 6.45) is 2.01. The molecule has 0 aromatic heterocycles. The van der Waals surface area contributed by atoms with E-state index in [4.69, 9.17) is 16.6 Å². The largest absolute Gasteiger partial charge is 0.481 e. The molecule has 1 rings (SSSR count). The van der Waals surface area contributed by atoms with Crippen LogP contribution in [0.25, 0.3) is 0 Å². The molecule has 0 bridgehead atoms. The molecule has 0 radical (unpaired) electrons. The summed E-state index contributed by atoms with van der Waals surface area (Å²) in [7, 11) is 0. The third-order valence-corrected chi connectivity index (χ3v) is 4.83. The number of carboxylic acids is 2. The van der Waals surface area contributed by atoms with Gasteiger partial charge in [0.15, 0.2) is 0 Å². The number of likely N-dealkylation sites (tertiary alicyclic amines) is 1. The third kappa shape index (κ3) is 8.33. The number of hydrogen-bond acceptors (Lipinski definition) is 7. The van der Waals surface area contributed by atoms with Crippen molar-refractivity contribution in [2.24, 2.45) is 11.5 Å². The quantitative estimate of drug-likeness (QED) is 0.178. The van der Waals surface area contributed by atoms with Crippen LogP contribution in [-0.2, 0) is 24.0 Å². The van der Waals surface area contributed by atoms with Crippen molar-refractivity contribution < 1.29 is 34.2 Å². The van der Waals surface area contributed by atoms with Crippen LogP contribution in [0.4, 0.5) is 0 Å². The smallest absolute Gasteiger partial charge is 0.326 e. The van der Waals surface area contributed by atoms with E-state index in [1.54, 1.807) is 0 Å². The molecule has 3 unspecified atom stereocenters. The summed E-state index contributed by atoms with van der Waals surface area (Å²) in [6, 6.07) is -3.01. The average Bonchev–Trinajstić information content (AvgIpc) is 3.18. The van der Waals surface area contributed by atoms with Gasteiger partial charge in [0, 0.05) is 13.0 Å². The Bertz CT molecular complexity index is 642. The molecule has 1 aliphatic rings. The van der Waals surface area contributed by atoms with Crippen LogP contribution in [0.2, 0.25) is 0 Å². The number of aliphatic carboxylic acids is 2. The molecule has 1 aliphatic heterocycles. The van der Waals surface area contributed by atoms with Crippen LogP contribution in [0.3, 0.4) is 0 Å². The van der Waals surface area contributed by atoms with Gasteiger partial charge in [-0.3, -0.25) is 19.2 Å². The summed E-state index contributed by atoms with van der Waals surface area (Å²) in [6.45, 7) is 0.258. The molecule has 0 aromatic carbocycles. The van der Waals surface area contributed by atoms with Gasteiger partial charge in [-0.25, -0.2) is 4.79 Å². The van der Waals surface area contributed by atoms with Gasteiger partial charge in [0.1, 0.15) is 12.1 Å². The molecule has 0 aromatic rings. The molecule has 8 N–H and O–H groups in total. The Hall–Kier alpha value is -2.73. The van der Waals surface area contributed by atoms with Crippen molar-refractivity contribution in [2.75, 3.05) is 19.6 Å². The molecule has 3 amide bonds. The van der Waals surface area contributed by atoms with E-state index in [0.717, 1.165) is 11.3 Å². The van der Waals surface area contributed by atoms with Crippen molar-refractivity contribution >= 4 is 29.7 Å². The number of nitrogens with zero attached hydrogens (tertiary/aromatic N) is 1. The van der Waals surface area contributed by atoms with Gasteiger partial charge >= 0.3 is 11.9 Å². The van der Waals surface area contributed by atoms with E-state index < -0.39 is 54.3 Å². The summed E-state index contributed by atoms with van der Waals surface area (Å²) in [5.74, 6) is -4.19. The molecule has 1 saturated heterocycles. The number of unbranched alkanes of at least 4 members (excludes halogenated alkanes) is 1. The van der Waals surface area contributed by atoms with Crippen LogP contribution in [-0.4, -0.2) is 82.5 Å². The number of carboxylic acid groups (broad SMARTS) is 2. The molecule has 12 nitrogen and oxygen atoms in total. The van der Waals surface area contributed by atoms with E-state index >= 15 is 0 Å². The zero-order valence-corrected chi connectivity index (χ0v) is 16.8. The van der Waals surface area contributed by atoms with E-state index in [2.05, 4.69) is 10.6 Å². The van der Waals surface area contributed by atoms with Gasteiger partial charge in [0.25, 0.3) is 0 Å². The van der Waals surface area contributed by atoms with Crippen LogP contribution < -0.4 is 22.1 Å². The fraction of sp³-hybridized carbons (Fsp3) is 0.722. The lowest BCUT2D eigenvalue weighted by Crippen LogP contribution is -2.53. The average molecular weight is 429 g/mol. The lowest BCUT2D eigenvalue weighted by molar-refractivity contribution is -0.149. The topological polar surface area (TPSA) is 205 Å². The van der Waals surface area contributed by atoms with Crippen molar-refractivity contribution in [3.63, 3.8) is 0 Å². The molecule has 0 spiro atoms. The number of rotatable bonds is 13. The van der Waals surface area contributed by atoms with Gasteiger partial charge in [-0.05, 0) is 38.6 Å². The molecule has 0 saturated carbocycles. The molecule has 3 atom stereocenters. The van der Waals surface area contributed by atoms with Gasteiger partial charge in [-0.15, -0.1) is 0 Å². The minimum absolute atomic E-state index is 0.199. The first-order chi connectivity index (χ1) is 14.2. The number of carbonyl (C=O) groups excluding carboxylic acids is 3. The lowest BCUT2D eigenvalue weighted by Gasteiger charge is -2.27. The Kier molecular flexibility index (Phi) is 10.8. The number of nitrogens with two attached hydrogens (primary N) is 2. The highest BCUT2D eigenvalue weighted by Gasteiger charge is 2.37. The van der Waals surface area contributed by atoms with E-state index in [1.807, 2.05) is 0 Å². The lowest BCUT2D eigenvalue weighted by atomic mass is 10.1. The Morgan fingerprint density at radius 2 is 1.80 bits per heavy atom. The Balaban J connectivity index is 2.65. The van der Waals surface area contributed by atoms with Gasteiger partial charge in [0.2, 0.25) is 17.7 Å². The maximum Gasteiger partial charge on any atom is 0.326 e. The molecular formula is C18H31N5O7. The Morgan fingerprint density at radius 1 is 1.10 bits per heavy atom. The standard InChI is InChI=1S/C18H31N5O7/c19-8-2-1-4-11(20)16(27)21-10-14(24)22-12(6-7-15(25)26)17(28)23-9-3-5-13(23)18(29)30/h11-13H,1-10,19-20H2,(H,21,27)(H,22,24)(H,25,26)(H,29,30). The predicted octanol–water partition coefficient (Wildman–Crippen LogP) is -2.02. The normalized spacial score (nSPS) is 17.8. The second kappa shape index (κ2) is 12.8.